The first-order valence-electron chi connectivity index (χ1n) is 3.11. The van der Waals surface area contributed by atoms with Crippen LogP contribution in [0.3, 0.4) is 0 Å². The molecule has 1 aromatic rings. The molecule has 0 spiro atoms. The van der Waals surface area contributed by atoms with Gasteiger partial charge in [0.1, 0.15) is 0 Å². The highest BCUT2D eigenvalue weighted by Gasteiger charge is 2.11. The fraction of sp³-hybridized carbons (Fsp3) is 0.500. The van der Waals surface area contributed by atoms with Crippen molar-refractivity contribution < 1.29 is 8.78 Å². The van der Waals surface area contributed by atoms with Crippen molar-refractivity contribution in [3.05, 3.63) is 16.1 Å². The van der Waals surface area contributed by atoms with Gasteiger partial charge in [-0.3, -0.25) is 0 Å². The van der Waals surface area contributed by atoms with Crippen molar-refractivity contribution in [1.29, 1.82) is 0 Å². The summed E-state index contributed by atoms with van der Waals surface area (Å²) in [5, 5.41) is 4.37. The number of aromatic nitrogens is 1. The minimum atomic E-state index is -2.44. The van der Waals surface area contributed by atoms with E-state index >= 15 is 0 Å². The molecule has 0 radical (unpaired) electrons. The monoisotopic (exact) mass is 178 g/mol. The van der Waals surface area contributed by atoms with E-state index in [1.54, 1.807) is 12.4 Å². The van der Waals surface area contributed by atoms with E-state index in [1.807, 2.05) is 0 Å². The quantitative estimate of drug-likeness (QED) is 0.763. The van der Waals surface area contributed by atoms with Gasteiger partial charge in [0.2, 0.25) is 0 Å². The standard InChI is InChI=1S/C6H8F2N2S/c1-9-2-4-3-11-6(10-4)5(7)8/h3,5,9H,2H2,1H3. The van der Waals surface area contributed by atoms with E-state index in [0.29, 0.717) is 12.2 Å². The summed E-state index contributed by atoms with van der Waals surface area (Å²) in [6.07, 6.45) is -2.44. The maximum absolute atomic E-state index is 11.9. The van der Waals surface area contributed by atoms with E-state index in [9.17, 15) is 8.78 Å². The molecule has 0 aliphatic heterocycles. The van der Waals surface area contributed by atoms with Gasteiger partial charge in [-0.15, -0.1) is 11.3 Å². The first-order valence-corrected chi connectivity index (χ1v) is 3.99. The number of hydrogen-bond acceptors (Lipinski definition) is 3. The minimum Gasteiger partial charge on any atom is -0.314 e. The molecule has 5 heteroatoms. The van der Waals surface area contributed by atoms with Crippen LogP contribution in [0.4, 0.5) is 8.78 Å². The molecule has 1 rings (SSSR count). The van der Waals surface area contributed by atoms with Gasteiger partial charge < -0.3 is 5.32 Å². The molecule has 0 saturated carbocycles. The molecule has 0 unspecified atom stereocenters. The molecule has 1 aromatic heterocycles. The molecule has 0 aliphatic carbocycles. The van der Waals surface area contributed by atoms with E-state index in [4.69, 9.17) is 0 Å². The second-order valence-corrected chi connectivity index (χ2v) is 2.90. The number of rotatable bonds is 3. The van der Waals surface area contributed by atoms with Crippen LogP contribution in [0.1, 0.15) is 17.1 Å². The number of alkyl halides is 2. The van der Waals surface area contributed by atoms with Crippen molar-refractivity contribution in [3.63, 3.8) is 0 Å². The molecule has 0 aliphatic rings. The summed E-state index contributed by atoms with van der Waals surface area (Å²) in [5.74, 6) is 0. The van der Waals surface area contributed by atoms with Crippen LogP contribution in [0.5, 0.6) is 0 Å². The Labute approximate surface area is 67.3 Å². The van der Waals surface area contributed by atoms with Crippen LogP contribution >= 0.6 is 11.3 Å². The molecule has 1 heterocycles. The molecule has 1 N–H and O–H groups in total. The van der Waals surface area contributed by atoms with E-state index in [2.05, 4.69) is 10.3 Å². The predicted octanol–water partition coefficient (Wildman–Crippen LogP) is 1.80. The van der Waals surface area contributed by atoms with Gasteiger partial charge in [0.05, 0.1) is 5.69 Å². The average Bonchev–Trinajstić information content (AvgIpc) is 2.37. The highest BCUT2D eigenvalue weighted by atomic mass is 32.1. The van der Waals surface area contributed by atoms with Gasteiger partial charge in [-0.05, 0) is 7.05 Å². The van der Waals surface area contributed by atoms with Crippen LogP contribution in [0.15, 0.2) is 5.38 Å². The molecule has 62 valence electrons. The van der Waals surface area contributed by atoms with Crippen molar-refractivity contribution in [2.24, 2.45) is 0 Å². The fourth-order valence-corrected chi connectivity index (χ4v) is 1.35. The van der Waals surface area contributed by atoms with E-state index < -0.39 is 6.43 Å². The Morgan fingerprint density at radius 1 is 1.73 bits per heavy atom. The molecule has 2 nitrogen and oxygen atoms in total. The lowest BCUT2D eigenvalue weighted by atomic mass is 10.5. The van der Waals surface area contributed by atoms with Crippen molar-refractivity contribution in [3.8, 4) is 0 Å². The van der Waals surface area contributed by atoms with Crippen LogP contribution in [-0.4, -0.2) is 12.0 Å². The lowest BCUT2D eigenvalue weighted by molar-refractivity contribution is 0.150. The Bertz CT molecular complexity index is 224. The topological polar surface area (TPSA) is 24.9 Å². The Kier molecular flexibility index (Phi) is 2.90. The van der Waals surface area contributed by atoms with Crippen molar-refractivity contribution in [2.45, 2.75) is 13.0 Å². The van der Waals surface area contributed by atoms with Gasteiger partial charge in [0.25, 0.3) is 6.43 Å². The SMILES string of the molecule is CNCc1csc(C(F)F)n1. The maximum atomic E-state index is 11.9. The van der Waals surface area contributed by atoms with Crippen molar-refractivity contribution >= 4 is 11.3 Å². The van der Waals surface area contributed by atoms with Crippen LogP contribution < -0.4 is 5.32 Å². The molecule has 0 fully saturated rings. The summed E-state index contributed by atoms with van der Waals surface area (Å²) < 4.78 is 23.9. The zero-order valence-corrected chi connectivity index (χ0v) is 6.79. The summed E-state index contributed by atoms with van der Waals surface area (Å²) >= 11 is 0.996. The summed E-state index contributed by atoms with van der Waals surface area (Å²) in [7, 11) is 1.75. The summed E-state index contributed by atoms with van der Waals surface area (Å²) in [5.41, 5.74) is 0.674. The first-order chi connectivity index (χ1) is 5.24. The smallest absolute Gasteiger partial charge is 0.289 e. The predicted molar refractivity (Wildman–Crippen MR) is 39.8 cm³/mol. The lowest BCUT2D eigenvalue weighted by Crippen LogP contribution is -2.05. The molecule has 0 atom stereocenters. The lowest BCUT2D eigenvalue weighted by Gasteiger charge is -1.91. The molecule has 0 bridgehead atoms. The fourth-order valence-electron chi connectivity index (χ4n) is 0.685. The van der Waals surface area contributed by atoms with Gasteiger partial charge >= 0.3 is 0 Å². The third-order valence-corrected chi connectivity index (χ3v) is 2.01. The number of nitrogens with one attached hydrogen (secondary N) is 1. The van der Waals surface area contributed by atoms with Crippen LogP contribution in [-0.2, 0) is 6.54 Å². The minimum absolute atomic E-state index is 0.102. The summed E-state index contributed by atoms with van der Waals surface area (Å²) in [4.78, 5) is 3.71. The molecule has 0 aromatic carbocycles. The van der Waals surface area contributed by atoms with Gasteiger partial charge in [0, 0.05) is 11.9 Å². The third-order valence-electron chi connectivity index (χ3n) is 1.11. The largest absolute Gasteiger partial charge is 0.314 e. The number of thiazole rings is 1. The maximum Gasteiger partial charge on any atom is 0.289 e. The molecular formula is C6H8F2N2S. The van der Waals surface area contributed by atoms with Crippen LogP contribution in [0.2, 0.25) is 0 Å². The second kappa shape index (κ2) is 3.73. The van der Waals surface area contributed by atoms with E-state index in [-0.39, 0.29) is 5.01 Å². The summed E-state index contributed by atoms with van der Waals surface area (Å²) in [6.45, 7) is 0.545. The number of halogens is 2. The molecule has 0 amide bonds. The zero-order chi connectivity index (χ0) is 8.27. The van der Waals surface area contributed by atoms with Gasteiger partial charge in [-0.25, -0.2) is 13.8 Å². The third kappa shape index (κ3) is 2.20. The Balaban J connectivity index is 2.66. The highest BCUT2D eigenvalue weighted by molar-refractivity contribution is 7.09. The van der Waals surface area contributed by atoms with Crippen molar-refractivity contribution in [2.75, 3.05) is 7.05 Å². The number of hydrogen-bond donors (Lipinski definition) is 1. The Morgan fingerprint density at radius 3 is 2.91 bits per heavy atom. The second-order valence-electron chi connectivity index (χ2n) is 2.01. The molecular weight excluding hydrogens is 170 g/mol. The Morgan fingerprint density at radius 2 is 2.45 bits per heavy atom. The Hall–Kier alpha value is -0.550. The molecule has 0 saturated heterocycles. The number of nitrogens with zero attached hydrogens (tertiary/aromatic N) is 1. The van der Waals surface area contributed by atoms with Crippen molar-refractivity contribution in [1.82, 2.24) is 10.3 Å². The van der Waals surface area contributed by atoms with E-state index in [1.165, 1.54) is 0 Å². The van der Waals surface area contributed by atoms with Crippen LogP contribution in [0, 0.1) is 0 Å². The van der Waals surface area contributed by atoms with Gasteiger partial charge in [-0.2, -0.15) is 0 Å². The normalized spacial score (nSPS) is 10.9. The average molecular weight is 178 g/mol. The van der Waals surface area contributed by atoms with Gasteiger partial charge in [0.15, 0.2) is 5.01 Å². The molecule has 11 heavy (non-hydrogen) atoms. The summed E-state index contributed by atoms with van der Waals surface area (Å²) in [6, 6.07) is 0. The zero-order valence-electron chi connectivity index (χ0n) is 5.97. The van der Waals surface area contributed by atoms with Crippen LogP contribution in [0.25, 0.3) is 0 Å². The first kappa shape index (κ1) is 8.55. The highest BCUT2D eigenvalue weighted by Crippen LogP contribution is 2.22. The van der Waals surface area contributed by atoms with Gasteiger partial charge in [-0.1, -0.05) is 0 Å². The van der Waals surface area contributed by atoms with E-state index in [0.717, 1.165) is 11.3 Å².